The molecule has 1 aliphatic rings. The first-order valence-corrected chi connectivity index (χ1v) is 15.8. The minimum Gasteiger partial charge on any atom is -0.493 e. The van der Waals surface area contributed by atoms with Gasteiger partial charge in [-0.1, -0.05) is 41.5 Å². The van der Waals surface area contributed by atoms with Crippen molar-refractivity contribution in [2.45, 2.75) is 86.8 Å². The Hall–Kier alpha value is -2.01. The molecule has 0 amide bonds. The molecule has 2 heterocycles. The van der Waals surface area contributed by atoms with Crippen LogP contribution in [0.2, 0.25) is 0 Å². The van der Waals surface area contributed by atoms with Gasteiger partial charge in [-0.15, -0.1) is 11.8 Å². The van der Waals surface area contributed by atoms with Gasteiger partial charge < -0.3 is 19.1 Å². The van der Waals surface area contributed by atoms with Crippen molar-refractivity contribution in [3.05, 3.63) is 41.1 Å². The molecule has 0 unspecified atom stereocenters. The number of carbonyl (C=O) groups is 1. The van der Waals surface area contributed by atoms with Gasteiger partial charge >= 0.3 is 5.97 Å². The summed E-state index contributed by atoms with van der Waals surface area (Å²) in [6.07, 6.45) is 2.03. The Morgan fingerprint density at radius 3 is 2.10 bits per heavy atom. The van der Waals surface area contributed by atoms with Gasteiger partial charge in [0.1, 0.15) is 11.4 Å². The van der Waals surface area contributed by atoms with Crippen LogP contribution < -0.4 is 4.74 Å². The number of hydrogen-bond donors (Lipinski definition) is 1. The van der Waals surface area contributed by atoms with Gasteiger partial charge in [-0.3, -0.25) is 0 Å². The summed E-state index contributed by atoms with van der Waals surface area (Å²) in [6, 6.07) is 7.39. The largest absolute Gasteiger partial charge is 0.493 e. The normalized spacial score (nSPS) is 15.9. The van der Waals surface area contributed by atoms with Crippen LogP contribution in [0.3, 0.4) is 0 Å². The lowest BCUT2D eigenvalue weighted by Crippen LogP contribution is -2.40. The quantitative estimate of drug-likeness (QED) is 0.325. The second-order valence-corrected chi connectivity index (χ2v) is 15.4. The number of hydrogen-bond acceptors (Lipinski definition) is 7. The van der Waals surface area contributed by atoms with Crippen LogP contribution in [0.15, 0.2) is 34.2 Å². The summed E-state index contributed by atoms with van der Waals surface area (Å²) >= 11 is 1.80. The van der Waals surface area contributed by atoms with E-state index in [-0.39, 0.29) is 33.4 Å². The molecule has 2 aromatic rings. The molecule has 1 aliphatic heterocycles. The van der Waals surface area contributed by atoms with Crippen LogP contribution in [0.5, 0.6) is 5.75 Å². The Bertz CT molecular complexity index is 1230. The number of aliphatic hydroxyl groups is 1. The van der Waals surface area contributed by atoms with Crippen molar-refractivity contribution >= 4 is 27.8 Å². The molecule has 1 aromatic heterocycles. The molecule has 0 aliphatic carbocycles. The number of benzene rings is 1. The molecule has 39 heavy (non-hydrogen) atoms. The SMILES string of the molecule is COC(=O)c1ccc(S(=O)(=O)N2CCC(Sc3cc(C(C)(C)C)c(OCCCO)c(C(C)(C)C)c3)CC2)n1C. The molecule has 8 nitrogen and oxygen atoms in total. The molecule has 0 atom stereocenters. The average molecular weight is 581 g/mol. The van der Waals surface area contributed by atoms with Crippen LogP contribution >= 0.6 is 11.8 Å². The number of nitrogens with zero attached hydrogens (tertiary/aromatic N) is 2. The lowest BCUT2D eigenvalue weighted by molar-refractivity contribution is 0.0589. The molecule has 3 rings (SSSR count). The van der Waals surface area contributed by atoms with Gasteiger partial charge in [0.05, 0.1) is 13.7 Å². The van der Waals surface area contributed by atoms with Crippen molar-refractivity contribution in [2.24, 2.45) is 7.05 Å². The maximum absolute atomic E-state index is 13.4. The average Bonchev–Trinajstić information content (AvgIpc) is 3.25. The number of carbonyl (C=O) groups excluding carboxylic acids is 1. The molecule has 0 bridgehead atoms. The number of sulfonamides is 1. The lowest BCUT2D eigenvalue weighted by atomic mass is 9.79. The predicted molar refractivity (Wildman–Crippen MR) is 155 cm³/mol. The predicted octanol–water partition coefficient (Wildman–Crippen LogP) is 5.11. The number of piperidine rings is 1. The molecule has 1 aromatic carbocycles. The molecule has 10 heteroatoms. The Labute approximate surface area is 238 Å². The van der Waals surface area contributed by atoms with E-state index in [1.807, 2.05) is 0 Å². The number of thioether (sulfide) groups is 1. The van der Waals surface area contributed by atoms with Gasteiger partial charge in [-0.05, 0) is 47.9 Å². The van der Waals surface area contributed by atoms with Gasteiger partial charge in [0.15, 0.2) is 5.03 Å². The van der Waals surface area contributed by atoms with E-state index in [0.29, 0.717) is 26.1 Å². The van der Waals surface area contributed by atoms with E-state index in [1.165, 1.54) is 28.1 Å². The summed E-state index contributed by atoms with van der Waals surface area (Å²) in [6.45, 7) is 14.5. The highest BCUT2D eigenvalue weighted by Gasteiger charge is 2.34. The van der Waals surface area contributed by atoms with Crippen molar-refractivity contribution in [1.29, 1.82) is 0 Å². The van der Waals surface area contributed by atoms with Gasteiger partial charge in [-0.2, -0.15) is 4.31 Å². The van der Waals surface area contributed by atoms with E-state index >= 15 is 0 Å². The van der Waals surface area contributed by atoms with Crippen LogP contribution in [0.25, 0.3) is 0 Å². The first-order chi connectivity index (χ1) is 18.1. The summed E-state index contributed by atoms with van der Waals surface area (Å²) in [5, 5.41) is 9.63. The van der Waals surface area contributed by atoms with Crippen LogP contribution in [0.1, 0.15) is 82.4 Å². The van der Waals surface area contributed by atoms with Gasteiger partial charge in [0, 0.05) is 54.4 Å². The van der Waals surface area contributed by atoms with Crippen molar-refractivity contribution in [3.8, 4) is 5.75 Å². The minimum absolute atomic E-state index is 0.0918. The van der Waals surface area contributed by atoms with Crippen LogP contribution in [-0.4, -0.2) is 67.0 Å². The van der Waals surface area contributed by atoms with E-state index < -0.39 is 16.0 Å². The zero-order valence-corrected chi connectivity index (χ0v) is 26.2. The Morgan fingerprint density at radius 1 is 1.05 bits per heavy atom. The summed E-state index contributed by atoms with van der Waals surface area (Å²) in [5.74, 6) is 0.339. The van der Waals surface area contributed by atoms with Gasteiger partial charge in [0.2, 0.25) is 0 Å². The van der Waals surface area contributed by atoms with E-state index in [0.717, 1.165) is 34.6 Å². The molecule has 0 radical (unpaired) electrons. The van der Waals surface area contributed by atoms with E-state index in [4.69, 9.17) is 9.47 Å². The Balaban J connectivity index is 1.81. The monoisotopic (exact) mass is 580 g/mol. The standard InChI is InChI=1S/C29H44N2O6S2/c1-28(2,3)22-18-21(19-23(29(4,5)6)26(22)37-17-9-16-32)38-20-12-14-31(15-13-20)39(34,35)25-11-10-24(30(25)7)27(33)36-8/h10-11,18-20,32H,9,12-17H2,1-8H3. The number of rotatable bonds is 9. The maximum Gasteiger partial charge on any atom is 0.354 e. The highest BCUT2D eigenvalue weighted by Crippen LogP contribution is 2.44. The highest BCUT2D eigenvalue weighted by atomic mass is 32.2. The third-order valence-electron chi connectivity index (χ3n) is 7.01. The summed E-state index contributed by atoms with van der Waals surface area (Å²) in [5.41, 5.74) is 2.21. The van der Waals surface area contributed by atoms with Gasteiger partial charge in [0.25, 0.3) is 10.0 Å². The van der Waals surface area contributed by atoms with Crippen LogP contribution in [-0.2, 0) is 32.6 Å². The molecule has 0 saturated carbocycles. The topological polar surface area (TPSA) is 98.1 Å². The zero-order chi connectivity index (χ0) is 29.2. The molecule has 1 N–H and O–H groups in total. The molecular weight excluding hydrogens is 536 g/mol. The third-order valence-corrected chi connectivity index (χ3v) is 10.3. The molecule has 1 saturated heterocycles. The second-order valence-electron chi connectivity index (χ2n) is 12.1. The molecule has 0 spiro atoms. The van der Waals surface area contributed by atoms with Crippen molar-refractivity contribution in [3.63, 3.8) is 0 Å². The minimum atomic E-state index is -3.73. The summed E-state index contributed by atoms with van der Waals surface area (Å²) in [7, 11) is -0.889. The summed E-state index contributed by atoms with van der Waals surface area (Å²) < 4.78 is 40.7. The first-order valence-electron chi connectivity index (χ1n) is 13.4. The molecule has 218 valence electrons. The fraction of sp³-hybridized carbons (Fsp3) is 0.621. The fourth-order valence-corrected chi connectivity index (χ4v) is 7.60. The lowest BCUT2D eigenvalue weighted by Gasteiger charge is -2.33. The van der Waals surface area contributed by atoms with E-state index in [1.54, 1.807) is 18.8 Å². The highest BCUT2D eigenvalue weighted by molar-refractivity contribution is 8.00. The Morgan fingerprint density at radius 2 is 1.62 bits per heavy atom. The molecular formula is C29H44N2O6S2. The van der Waals surface area contributed by atoms with E-state index in [9.17, 15) is 18.3 Å². The number of methoxy groups -OCH3 is 1. The van der Waals surface area contributed by atoms with Crippen LogP contribution in [0, 0.1) is 0 Å². The second kappa shape index (κ2) is 12.2. The van der Waals surface area contributed by atoms with Crippen molar-refractivity contribution < 1.29 is 27.8 Å². The van der Waals surface area contributed by atoms with Gasteiger partial charge in [-0.25, -0.2) is 13.2 Å². The first kappa shape index (κ1) is 31.5. The van der Waals surface area contributed by atoms with Crippen molar-refractivity contribution in [1.82, 2.24) is 8.87 Å². The number of ether oxygens (including phenoxy) is 2. The summed E-state index contributed by atoms with van der Waals surface area (Å²) in [4.78, 5) is 13.1. The number of aromatic nitrogens is 1. The maximum atomic E-state index is 13.4. The Kier molecular flexibility index (Phi) is 9.89. The zero-order valence-electron chi connectivity index (χ0n) is 24.5. The number of aliphatic hydroxyl groups excluding tert-OH is 1. The van der Waals surface area contributed by atoms with Crippen molar-refractivity contribution in [2.75, 3.05) is 33.4 Å². The third kappa shape index (κ3) is 7.20. The van der Waals surface area contributed by atoms with E-state index in [2.05, 4.69) is 53.7 Å². The number of esters is 1. The smallest absolute Gasteiger partial charge is 0.354 e. The fourth-order valence-electron chi connectivity index (χ4n) is 4.76. The van der Waals surface area contributed by atoms with Crippen LogP contribution in [0.4, 0.5) is 0 Å². The molecule has 1 fully saturated rings.